The second kappa shape index (κ2) is 3.85. The summed E-state index contributed by atoms with van der Waals surface area (Å²) in [5, 5.41) is 0. The molecule has 1 aromatic heterocycles. The van der Waals surface area contributed by atoms with Gasteiger partial charge in [0.15, 0.2) is 0 Å². The van der Waals surface area contributed by atoms with Crippen molar-refractivity contribution in [3.8, 4) is 0 Å². The van der Waals surface area contributed by atoms with Crippen LogP contribution < -0.4 is 5.73 Å². The van der Waals surface area contributed by atoms with Gasteiger partial charge in [-0.1, -0.05) is 12.5 Å². The molecule has 3 rings (SSSR count). The molecule has 0 aromatic carbocycles. The number of aryl methyl sites for hydroxylation is 1. The van der Waals surface area contributed by atoms with Crippen LogP contribution >= 0.6 is 0 Å². The fourth-order valence-corrected chi connectivity index (χ4v) is 3.60. The predicted molar refractivity (Wildman–Crippen MR) is 65.0 cm³/mol. The van der Waals surface area contributed by atoms with E-state index in [2.05, 4.69) is 18.0 Å². The van der Waals surface area contributed by atoms with Crippen LogP contribution in [0.1, 0.15) is 30.5 Å². The summed E-state index contributed by atoms with van der Waals surface area (Å²) in [5.74, 6) is 2.72. The third-order valence-corrected chi connectivity index (χ3v) is 4.51. The van der Waals surface area contributed by atoms with E-state index in [-0.39, 0.29) is 0 Å². The first kappa shape index (κ1) is 10.3. The van der Waals surface area contributed by atoms with Gasteiger partial charge in [0.2, 0.25) is 0 Å². The van der Waals surface area contributed by atoms with Crippen LogP contribution in [-0.4, -0.2) is 11.0 Å². The minimum Gasteiger partial charge on any atom is -0.327 e. The highest BCUT2D eigenvalue weighted by Gasteiger charge is 2.54. The van der Waals surface area contributed by atoms with Crippen molar-refractivity contribution in [1.82, 2.24) is 4.98 Å². The molecule has 3 atom stereocenters. The lowest BCUT2D eigenvalue weighted by molar-refractivity contribution is 0.480. The fraction of sp³-hybridized carbons (Fsp3) is 0.643. The topological polar surface area (TPSA) is 38.9 Å². The van der Waals surface area contributed by atoms with Gasteiger partial charge in [-0.2, -0.15) is 0 Å². The summed E-state index contributed by atoms with van der Waals surface area (Å²) in [4.78, 5) is 4.44. The van der Waals surface area contributed by atoms with E-state index in [9.17, 15) is 0 Å². The number of nitrogens with two attached hydrogens (primary N) is 1. The van der Waals surface area contributed by atoms with Crippen LogP contribution in [0.3, 0.4) is 0 Å². The summed E-state index contributed by atoms with van der Waals surface area (Å²) < 4.78 is 0. The predicted octanol–water partition coefficient (Wildman–Crippen LogP) is 2.31. The number of hydrogen-bond donors (Lipinski definition) is 1. The first-order valence-corrected chi connectivity index (χ1v) is 6.43. The van der Waals surface area contributed by atoms with Crippen molar-refractivity contribution >= 4 is 0 Å². The van der Waals surface area contributed by atoms with Crippen LogP contribution in [0.15, 0.2) is 18.3 Å². The van der Waals surface area contributed by atoms with Crippen LogP contribution in [0, 0.1) is 24.7 Å². The van der Waals surface area contributed by atoms with Crippen LogP contribution in [-0.2, 0) is 6.42 Å². The van der Waals surface area contributed by atoms with Gasteiger partial charge in [0.1, 0.15) is 0 Å². The third-order valence-electron chi connectivity index (χ3n) is 4.51. The highest BCUT2D eigenvalue weighted by atomic mass is 14.8. The van der Waals surface area contributed by atoms with Crippen molar-refractivity contribution < 1.29 is 0 Å². The molecule has 2 heteroatoms. The average molecular weight is 216 g/mol. The van der Waals surface area contributed by atoms with Gasteiger partial charge in [-0.3, -0.25) is 4.98 Å². The average Bonchev–Trinajstić information content (AvgIpc) is 2.76. The molecule has 2 N–H and O–H groups in total. The van der Waals surface area contributed by atoms with Crippen molar-refractivity contribution in [2.75, 3.05) is 0 Å². The quantitative estimate of drug-likeness (QED) is 0.842. The molecule has 2 aliphatic carbocycles. The van der Waals surface area contributed by atoms with Crippen molar-refractivity contribution in [3.05, 3.63) is 29.6 Å². The normalized spacial score (nSPS) is 33.5. The fourth-order valence-electron chi connectivity index (χ4n) is 3.60. The molecule has 2 fully saturated rings. The monoisotopic (exact) mass is 216 g/mol. The van der Waals surface area contributed by atoms with E-state index in [1.54, 1.807) is 0 Å². The summed E-state index contributed by atoms with van der Waals surface area (Å²) in [6, 6.07) is 4.46. The standard InChI is InChI=1S/C14H20N2/c1-9-4-3-7-16-13(9)8-12(15)14-10-5-2-6-11(10)14/h3-4,7,10-12,14H,2,5-6,8,15H2,1H3. The number of fused-ring (bicyclic) bond motifs is 1. The van der Waals surface area contributed by atoms with Gasteiger partial charge in [-0.15, -0.1) is 0 Å². The van der Waals surface area contributed by atoms with Gasteiger partial charge < -0.3 is 5.73 Å². The molecule has 0 spiro atoms. The van der Waals surface area contributed by atoms with Gasteiger partial charge in [-0.25, -0.2) is 0 Å². The van der Waals surface area contributed by atoms with Gasteiger partial charge in [-0.05, 0) is 49.1 Å². The lowest BCUT2D eigenvalue weighted by Crippen LogP contribution is -2.28. The Hall–Kier alpha value is -0.890. The lowest BCUT2D eigenvalue weighted by Gasteiger charge is -2.14. The van der Waals surface area contributed by atoms with E-state index >= 15 is 0 Å². The second-order valence-electron chi connectivity index (χ2n) is 5.47. The smallest absolute Gasteiger partial charge is 0.0448 e. The molecule has 2 nitrogen and oxygen atoms in total. The molecule has 2 aliphatic rings. The zero-order valence-corrected chi connectivity index (χ0v) is 9.89. The molecule has 2 saturated carbocycles. The SMILES string of the molecule is Cc1cccnc1CC(N)C1C2CCCC21. The molecule has 0 aliphatic heterocycles. The number of nitrogens with zero attached hydrogens (tertiary/aromatic N) is 1. The maximum Gasteiger partial charge on any atom is 0.0448 e. The molecular weight excluding hydrogens is 196 g/mol. The van der Waals surface area contributed by atoms with Crippen LogP contribution in [0.2, 0.25) is 0 Å². The third kappa shape index (κ3) is 1.65. The molecule has 0 amide bonds. The summed E-state index contributed by atoms with van der Waals surface area (Å²) in [5.41, 5.74) is 8.81. The summed E-state index contributed by atoms with van der Waals surface area (Å²) in [6.45, 7) is 2.13. The Morgan fingerprint density at radius 1 is 1.44 bits per heavy atom. The highest BCUT2D eigenvalue weighted by Crippen LogP contribution is 2.58. The maximum absolute atomic E-state index is 6.33. The molecule has 1 heterocycles. The number of rotatable bonds is 3. The molecule has 3 unspecified atom stereocenters. The van der Waals surface area contributed by atoms with Crippen LogP contribution in [0.25, 0.3) is 0 Å². The van der Waals surface area contributed by atoms with Gasteiger partial charge in [0, 0.05) is 24.4 Å². The van der Waals surface area contributed by atoms with Crippen LogP contribution in [0.5, 0.6) is 0 Å². The van der Waals surface area contributed by atoms with Crippen molar-refractivity contribution in [3.63, 3.8) is 0 Å². The Labute approximate surface area is 97.3 Å². The van der Waals surface area contributed by atoms with E-state index in [0.717, 1.165) is 24.2 Å². The highest BCUT2D eigenvalue weighted by molar-refractivity contribution is 5.20. The Kier molecular flexibility index (Phi) is 2.47. The molecule has 86 valence electrons. The Bertz CT molecular complexity index is 378. The molecule has 0 saturated heterocycles. The van der Waals surface area contributed by atoms with Crippen LogP contribution in [0.4, 0.5) is 0 Å². The first-order valence-electron chi connectivity index (χ1n) is 6.43. The number of hydrogen-bond acceptors (Lipinski definition) is 2. The lowest BCUT2D eigenvalue weighted by atomic mass is 9.99. The Balaban J connectivity index is 1.65. The maximum atomic E-state index is 6.33. The zero-order valence-electron chi connectivity index (χ0n) is 9.89. The molecule has 16 heavy (non-hydrogen) atoms. The summed E-state index contributed by atoms with van der Waals surface area (Å²) >= 11 is 0. The first-order chi connectivity index (χ1) is 7.77. The van der Waals surface area contributed by atoms with E-state index in [1.165, 1.54) is 30.5 Å². The van der Waals surface area contributed by atoms with Gasteiger partial charge in [0.25, 0.3) is 0 Å². The minimum atomic E-state index is 0.337. The van der Waals surface area contributed by atoms with Gasteiger partial charge in [0.05, 0.1) is 0 Å². The Morgan fingerprint density at radius 2 is 2.19 bits per heavy atom. The zero-order chi connectivity index (χ0) is 11.1. The second-order valence-corrected chi connectivity index (χ2v) is 5.47. The number of pyridine rings is 1. The molecule has 1 aromatic rings. The van der Waals surface area contributed by atoms with Gasteiger partial charge >= 0.3 is 0 Å². The van der Waals surface area contributed by atoms with Crippen molar-refractivity contribution in [2.45, 2.75) is 38.6 Å². The largest absolute Gasteiger partial charge is 0.327 e. The minimum absolute atomic E-state index is 0.337. The molecular formula is C14H20N2. The molecule has 0 radical (unpaired) electrons. The van der Waals surface area contributed by atoms with Crippen molar-refractivity contribution in [2.24, 2.45) is 23.5 Å². The van der Waals surface area contributed by atoms with E-state index < -0.39 is 0 Å². The summed E-state index contributed by atoms with van der Waals surface area (Å²) in [6.07, 6.45) is 7.11. The Morgan fingerprint density at radius 3 is 2.88 bits per heavy atom. The molecule has 0 bridgehead atoms. The number of aromatic nitrogens is 1. The van der Waals surface area contributed by atoms with E-state index in [4.69, 9.17) is 5.73 Å². The van der Waals surface area contributed by atoms with E-state index in [1.807, 2.05) is 12.3 Å². The van der Waals surface area contributed by atoms with Crippen molar-refractivity contribution in [1.29, 1.82) is 0 Å². The summed E-state index contributed by atoms with van der Waals surface area (Å²) in [7, 11) is 0. The van der Waals surface area contributed by atoms with E-state index in [0.29, 0.717) is 6.04 Å².